The first kappa shape index (κ1) is 26.0. The fraction of sp³-hybridized carbons (Fsp3) is 0.500. The van der Waals surface area contributed by atoms with Crippen molar-refractivity contribution in [3.05, 3.63) is 65.2 Å². The van der Waals surface area contributed by atoms with E-state index >= 15 is 0 Å². The molecule has 0 radical (unpaired) electrons. The van der Waals surface area contributed by atoms with E-state index in [0.29, 0.717) is 12.0 Å². The summed E-state index contributed by atoms with van der Waals surface area (Å²) < 4.78 is 37.6. The van der Waals surface area contributed by atoms with Crippen LogP contribution in [-0.4, -0.2) is 54.5 Å². The van der Waals surface area contributed by atoms with Gasteiger partial charge in [-0.2, -0.15) is 13.2 Å². The number of fused-ring (bicyclic) bond motifs is 1. The molecule has 2 unspecified atom stereocenters. The van der Waals surface area contributed by atoms with Crippen LogP contribution in [0.1, 0.15) is 49.8 Å². The third-order valence-corrected chi connectivity index (χ3v) is 6.29. The van der Waals surface area contributed by atoms with Crippen molar-refractivity contribution in [1.82, 2.24) is 4.90 Å². The largest absolute Gasteiger partial charge is 0.490 e. The third-order valence-electron chi connectivity index (χ3n) is 6.29. The van der Waals surface area contributed by atoms with Gasteiger partial charge in [0.25, 0.3) is 0 Å². The number of para-hydroxylation sites is 1. The summed E-state index contributed by atoms with van der Waals surface area (Å²) in [6.45, 7) is 11.6. The van der Waals surface area contributed by atoms with E-state index in [4.69, 9.17) is 14.6 Å². The highest BCUT2D eigenvalue weighted by atomic mass is 19.4. The summed E-state index contributed by atoms with van der Waals surface area (Å²) in [6.07, 6.45) is -3.93. The minimum atomic E-state index is -5.08. The Labute approximate surface area is 198 Å². The highest BCUT2D eigenvalue weighted by Crippen LogP contribution is 2.35. The Morgan fingerprint density at radius 3 is 2.38 bits per heavy atom. The van der Waals surface area contributed by atoms with Crippen molar-refractivity contribution in [3.8, 4) is 0 Å². The van der Waals surface area contributed by atoms with E-state index in [2.05, 4.69) is 79.5 Å². The molecule has 2 aliphatic rings. The van der Waals surface area contributed by atoms with Gasteiger partial charge in [-0.05, 0) is 34.6 Å². The SMILES string of the molecule is CC(C)(C)c1ccc(CN2CCOCC2CC2CNc3ccccc32)cc1.O=C(O)C(F)(F)F. The van der Waals surface area contributed by atoms with E-state index in [9.17, 15) is 13.2 Å². The van der Waals surface area contributed by atoms with Crippen LogP contribution in [0.5, 0.6) is 0 Å². The average molecular weight is 479 g/mol. The van der Waals surface area contributed by atoms with Gasteiger partial charge in [0.15, 0.2) is 0 Å². The number of ether oxygens (including phenoxy) is 1. The van der Waals surface area contributed by atoms with Crippen LogP contribution in [0.15, 0.2) is 48.5 Å². The smallest absolute Gasteiger partial charge is 0.475 e. The Kier molecular flexibility index (Phi) is 8.25. The summed E-state index contributed by atoms with van der Waals surface area (Å²) in [7, 11) is 0. The topological polar surface area (TPSA) is 61.8 Å². The molecule has 0 saturated carbocycles. The van der Waals surface area contributed by atoms with Crippen molar-refractivity contribution in [2.24, 2.45) is 0 Å². The van der Waals surface area contributed by atoms with Gasteiger partial charge in [-0.25, -0.2) is 4.79 Å². The summed E-state index contributed by atoms with van der Waals surface area (Å²) in [5, 5.41) is 10.7. The van der Waals surface area contributed by atoms with Crippen molar-refractivity contribution < 1.29 is 27.8 Å². The molecular formula is C26H33F3N2O3. The van der Waals surface area contributed by atoms with Crippen LogP contribution in [-0.2, 0) is 21.5 Å². The van der Waals surface area contributed by atoms with Gasteiger partial charge in [0.2, 0.25) is 0 Å². The van der Waals surface area contributed by atoms with E-state index in [1.807, 2.05) is 0 Å². The number of nitrogens with one attached hydrogen (secondary N) is 1. The van der Waals surface area contributed by atoms with Gasteiger partial charge in [0.05, 0.1) is 13.2 Å². The first-order valence-corrected chi connectivity index (χ1v) is 11.5. The lowest BCUT2D eigenvalue weighted by molar-refractivity contribution is -0.192. The molecule has 0 bridgehead atoms. The number of rotatable bonds is 4. The van der Waals surface area contributed by atoms with Crippen LogP contribution in [0.3, 0.4) is 0 Å². The maximum Gasteiger partial charge on any atom is 0.490 e. The van der Waals surface area contributed by atoms with Crippen LogP contribution in [0.25, 0.3) is 0 Å². The molecule has 0 aliphatic carbocycles. The van der Waals surface area contributed by atoms with Gasteiger partial charge in [0, 0.05) is 37.3 Å². The van der Waals surface area contributed by atoms with Crippen molar-refractivity contribution >= 4 is 11.7 Å². The molecule has 5 nitrogen and oxygen atoms in total. The molecule has 34 heavy (non-hydrogen) atoms. The van der Waals surface area contributed by atoms with E-state index in [1.165, 1.54) is 22.4 Å². The molecule has 2 aromatic rings. The second-order valence-electron chi connectivity index (χ2n) is 9.85. The Morgan fingerprint density at radius 1 is 1.12 bits per heavy atom. The zero-order valence-corrected chi connectivity index (χ0v) is 19.9. The normalized spacial score (nSPS) is 20.6. The zero-order valence-electron chi connectivity index (χ0n) is 19.9. The van der Waals surface area contributed by atoms with Gasteiger partial charge in [-0.1, -0.05) is 63.2 Å². The molecule has 0 amide bonds. The molecule has 1 saturated heterocycles. The fourth-order valence-electron chi connectivity index (χ4n) is 4.35. The predicted molar refractivity (Wildman–Crippen MR) is 126 cm³/mol. The predicted octanol–water partition coefficient (Wildman–Crippen LogP) is 5.42. The van der Waals surface area contributed by atoms with Gasteiger partial charge in [0.1, 0.15) is 0 Å². The summed E-state index contributed by atoms with van der Waals surface area (Å²) >= 11 is 0. The van der Waals surface area contributed by atoms with Crippen molar-refractivity contribution in [1.29, 1.82) is 0 Å². The van der Waals surface area contributed by atoms with E-state index in [1.54, 1.807) is 0 Å². The lowest BCUT2D eigenvalue weighted by Gasteiger charge is -2.37. The molecule has 2 N–H and O–H groups in total. The number of hydrogen-bond acceptors (Lipinski definition) is 4. The third kappa shape index (κ3) is 6.96. The summed E-state index contributed by atoms with van der Waals surface area (Å²) in [4.78, 5) is 11.5. The molecule has 1 fully saturated rings. The minimum absolute atomic E-state index is 0.211. The number of carbonyl (C=O) groups is 1. The number of hydrogen-bond donors (Lipinski definition) is 2. The molecule has 2 aliphatic heterocycles. The number of benzene rings is 2. The van der Waals surface area contributed by atoms with Gasteiger partial charge in [-0.3, -0.25) is 4.90 Å². The fourth-order valence-corrected chi connectivity index (χ4v) is 4.35. The number of nitrogens with zero attached hydrogens (tertiary/aromatic N) is 1. The standard InChI is InChI=1S/C24H32N2O.C2HF3O2/c1-24(2,3)20-10-8-18(9-11-20)16-26-12-13-27-17-21(26)14-19-15-25-23-7-5-4-6-22(19)23;3-2(4,5)1(6)7/h4-11,19,21,25H,12-17H2,1-3H3;(H,6,7). The van der Waals surface area contributed by atoms with Gasteiger partial charge in [-0.15, -0.1) is 0 Å². The lowest BCUT2D eigenvalue weighted by Crippen LogP contribution is -2.45. The molecule has 4 rings (SSSR count). The first-order valence-electron chi connectivity index (χ1n) is 11.5. The van der Waals surface area contributed by atoms with Crippen LogP contribution in [0.4, 0.5) is 18.9 Å². The number of carboxylic acid groups (broad SMARTS) is 1. The van der Waals surface area contributed by atoms with Crippen molar-refractivity contribution in [3.63, 3.8) is 0 Å². The number of carboxylic acids is 1. The molecule has 0 spiro atoms. The molecule has 8 heteroatoms. The number of halogens is 3. The van der Waals surface area contributed by atoms with E-state index in [0.717, 1.165) is 39.3 Å². The highest BCUT2D eigenvalue weighted by Gasteiger charge is 2.38. The second-order valence-corrected chi connectivity index (χ2v) is 9.85. The Hall–Kier alpha value is -2.58. The summed E-state index contributed by atoms with van der Waals surface area (Å²) in [6, 6.07) is 18.4. The van der Waals surface area contributed by atoms with Gasteiger partial charge < -0.3 is 15.2 Å². The quantitative estimate of drug-likeness (QED) is 0.615. The number of aliphatic carboxylic acids is 1. The molecule has 186 valence electrons. The Bertz CT molecular complexity index is 955. The van der Waals surface area contributed by atoms with E-state index < -0.39 is 12.1 Å². The first-order chi connectivity index (χ1) is 15.9. The average Bonchev–Trinajstić information content (AvgIpc) is 3.18. The highest BCUT2D eigenvalue weighted by molar-refractivity contribution is 5.73. The van der Waals surface area contributed by atoms with E-state index in [-0.39, 0.29) is 5.41 Å². The number of morpholine rings is 1. The zero-order chi connectivity index (χ0) is 24.9. The number of anilines is 1. The van der Waals surface area contributed by atoms with Gasteiger partial charge >= 0.3 is 12.1 Å². The number of alkyl halides is 3. The van der Waals surface area contributed by atoms with Crippen molar-refractivity contribution in [2.45, 2.75) is 57.3 Å². The molecule has 2 atom stereocenters. The Balaban J connectivity index is 0.000000406. The summed E-state index contributed by atoms with van der Waals surface area (Å²) in [5.74, 6) is -2.17. The van der Waals surface area contributed by atoms with Crippen LogP contribution in [0, 0.1) is 0 Å². The Morgan fingerprint density at radius 2 is 1.76 bits per heavy atom. The molecule has 2 heterocycles. The maximum atomic E-state index is 10.6. The lowest BCUT2D eigenvalue weighted by atomic mass is 9.86. The molecule has 2 aromatic carbocycles. The second kappa shape index (κ2) is 10.8. The molecular weight excluding hydrogens is 445 g/mol. The summed E-state index contributed by atoms with van der Waals surface area (Å²) in [5.41, 5.74) is 5.79. The van der Waals surface area contributed by atoms with Crippen LogP contribution >= 0.6 is 0 Å². The monoisotopic (exact) mass is 478 g/mol. The van der Waals surface area contributed by atoms with Crippen molar-refractivity contribution in [2.75, 3.05) is 31.6 Å². The molecule has 0 aromatic heterocycles. The van der Waals surface area contributed by atoms with Crippen LogP contribution < -0.4 is 5.32 Å². The maximum absolute atomic E-state index is 10.6. The van der Waals surface area contributed by atoms with Crippen LogP contribution in [0.2, 0.25) is 0 Å². The minimum Gasteiger partial charge on any atom is -0.475 e.